The van der Waals surface area contributed by atoms with Crippen molar-refractivity contribution in [3.8, 4) is 0 Å². The van der Waals surface area contributed by atoms with E-state index < -0.39 is 0 Å². The van der Waals surface area contributed by atoms with Gasteiger partial charge in [0, 0.05) is 29.3 Å². The molecule has 21 heavy (non-hydrogen) atoms. The first-order chi connectivity index (χ1) is 9.70. The zero-order valence-electron chi connectivity index (χ0n) is 12.6. The van der Waals surface area contributed by atoms with Gasteiger partial charge >= 0.3 is 0 Å². The zero-order chi connectivity index (χ0) is 14.4. The second-order valence-corrected chi connectivity index (χ2v) is 6.73. The summed E-state index contributed by atoms with van der Waals surface area (Å²) in [4.78, 5) is 7.04. The minimum Gasteiger partial charge on any atom is -0.356 e. The van der Waals surface area contributed by atoms with Crippen LogP contribution in [-0.2, 0) is 6.54 Å². The maximum atomic E-state index is 4.27. The Balaban J connectivity index is 0.00000220. The first-order valence-electron chi connectivity index (χ1n) is 6.71. The molecule has 116 valence electrons. The second-order valence-electron chi connectivity index (χ2n) is 4.75. The summed E-state index contributed by atoms with van der Waals surface area (Å²) in [7, 11) is 1.81. The van der Waals surface area contributed by atoms with Crippen LogP contribution in [0.4, 0.5) is 0 Å². The van der Waals surface area contributed by atoms with Crippen LogP contribution in [0.15, 0.2) is 34.0 Å². The molecular formula is C15H22IN3S2. The highest BCUT2D eigenvalue weighted by Crippen LogP contribution is 2.19. The maximum absolute atomic E-state index is 4.27. The first kappa shape index (κ1) is 18.4. The van der Waals surface area contributed by atoms with Crippen LogP contribution in [0.2, 0.25) is 0 Å². The van der Waals surface area contributed by atoms with Crippen molar-refractivity contribution >= 4 is 52.6 Å². The third kappa shape index (κ3) is 5.60. The Morgan fingerprint density at radius 1 is 1.24 bits per heavy atom. The highest BCUT2D eigenvalue weighted by molar-refractivity contribution is 14.0. The molecule has 2 rings (SSSR count). The van der Waals surface area contributed by atoms with Gasteiger partial charge in [0.2, 0.25) is 0 Å². The van der Waals surface area contributed by atoms with Crippen LogP contribution in [0.25, 0.3) is 0 Å². The lowest BCUT2D eigenvalue weighted by Gasteiger charge is -2.15. The standard InChI is InChI=1S/C15H21N3S2.HI/c1-11-6-8-20-14(11)10-18-15(16-3)17-9-12(2)13-5-4-7-19-13;/h4-8,12H,9-10H2,1-3H3,(H2,16,17,18);1H. The number of hydrogen-bond donors (Lipinski definition) is 2. The van der Waals surface area contributed by atoms with Crippen LogP contribution in [0, 0.1) is 6.92 Å². The molecule has 0 saturated carbocycles. The van der Waals surface area contributed by atoms with Crippen molar-refractivity contribution in [2.24, 2.45) is 4.99 Å². The van der Waals surface area contributed by atoms with Gasteiger partial charge in [-0.3, -0.25) is 4.99 Å². The van der Waals surface area contributed by atoms with Gasteiger partial charge in [-0.2, -0.15) is 0 Å². The molecule has 0 spiro atoms. The van der Waals surface area contributed by atoms with Gasteiger partial charge in [-0.05, 0) is 35.4 Å². The highest BCUT2D eigenvalue weighted by Gasteiger charge is 2.08. The normalized spacial score (nSPS) is 12.6. The molecule has 0 aliphatic carbocycles. The highest BCUT2D eigenvalue weighted by atomic mass is 127. The minimum atomic E-state index is 0. The fourth-order valence-electron chi connectivity index (χ4n) is 1.89. The van der Waals surface area contributed by atoms with Gasteiger partial charge in [-0.1, -0.05) is 13.0 Å². The Labute approximate surface area is 151 Å². The largest absolute Gasteiger partial charge is 0.356 e. The summed E-state index contributed by atoms with van der Waals surface area (Å²) >= 11 is 3.59. The van der Waals surface area contributed by atoms with Crippen molar-refractivity contribution in [3.05, 3.63) is 44.3 Å². The molecule has 0 fully saturated rings. The van der Waals surface area contributed by atoms with E-state index in [4.69, 9.17) is 0 Å². The fraction of sp³-hybridized carbons (Fsp3) is 0.400. The Hall–Kier alpha value is -0.600. The van der Waals surface area contributed by atoms with Crippen LogP contribution < -0.4 is 10.6 Å². The van der Waals surface area contributed by atoms with Gasteiger partial charge in [0.15, 0.2) is 5.96 Å². The van der Waals surface area contributed by atoms with Gasteiger partial charge in [-0.15, -0.1) is 46.7 Å². The van der Waals surface area contributed by atoms with Crippen molar-refractivity contribution in [2.75, 3.05) is 13.6 Å². The maximum Gasteiger partial charge on any atom is 0.191 e. The average Bonchev–Trinajstić information content (AvgIpc) is 3.10. The van der Waals surface area contributed by atoms with E-state index >= 15 is 0 Å². The number of nitrogens with one attached hydrogen (secondary N) is 2. The summed E-state index contributed by atoms with van der Waals surface area (Å²) in [5.74, 6) is 1.36. The summed E-state index contributed by atoms with van der Waals surface area (Å²) in [6.07, 6.45) is 0. The van der Waals surface area contributed by atoms with E-state index in [1.807, 2.05) is 7.05 Å². The van der Waals surface area contributed by atoms with Gasteiger partial charge in [0.25, 0.3) is 0 Å². The molecule has 2 aromatic rings. The molecule has 6 heteroatoms. The number of guanidine groups is 1. The summed E-state index contributed by atoms with van der Waals surface area (Å²) in [6.45, 7) is 6.10. The molecule has 0 radical (unpaired) electrons. The van der Waals surface area contributed by atoms with Crippen molar-refractivity contribution in [1.82, 2.24) is 10.6 Å². The first-order valence-corrected chi connectivity index (χ1v) is 8.47. The second kappa shape index (κ2) is 9.42. The summed E-state index contributed by atoms with van der Waals surface area (Å²) in [6, 6.07) is 6.43. The van der Waals surface area contributed by atoms with E-state index in [1.165, 1.54) is 15.3 Å². The molecule has 0 bridgehead atoms. The van der Waals surface area contributed by atoms with E-state index in [9.17, 15) is 0 Å². The molecular weight excluding hydrogens is 413 g/mol. The molecule has 2 N–H and O–H groups in total. The van der Waals surface area contributed by atoms with Gasteiger partial charge in [-0.25, -0.2) is 0 Å². The van der Waals surface area contributed by atoms with Crippen LogP contribution in [-0.4, -0.2) is 19.6 Å². The van der Waals surface area contributed by atoms with E-state index in [1.54, 1.807) is 22.7 Å². The lowest BCUT2D eigenvalue weighted by Crippen LogP contribution is -2.38. The Bertz CT molecular complexity index is 549. The van der Waals surface area contributed by atoms with E-state index in [0.29, 0.717) is 5.92 Å². The third-order valence-electron chi connectivity index (χ3n) is 3.21. The van der Waals surface area contributed by atoms with Gasteiger partial charge in [0.1, 0.15) is 0 Å². The minimum absolute atomic E-state index is 0. The number of thiophene rings is 2. The monoisotopic (exact) mass is 435 g/mol. The number of nitrogens with zero attached hydrogens (tertiary/aromatic N) is 1. The van der Waals surface area contributed by atoms with Crippen molar-refractivity contribution < 1.29 is 0 Å². The van der Waals surface area contributed by atoms with Gasteiger partial charge < -0.3 is 10.6 Å². The quantitative estimate of drug-likeness (QED) is 0.420. The van der Waals surface area contributed by atoms with Crippen molar-refractivity contribution in [2.45, 2.75) is 26.3 Å². The SMILES string of the molecule is CN=C(NCc1sccc1C)NCC(C)c1cccs1.I. The molecule has 1 unspecified atom stereocenters. The van der Waals surface area contributed by atoms with Crippen LogP contribution in [0.5, 0.6) is 0 Å². The van der Waals surface area contributed by atoms with E-state index in [-0.39, 0.29) is 24.0 Å². The zero-order valence-corrected chi connectivity index (χ0v) is 16.5. The van der Waals surface area contributed by atoms with Gasteiger partial charge in [0.05, 0.1) is 6.54 Å². The third-order valence-corrected chi connectivity index (χ3v) is 5.34. The predicted molar refractivity (Wildman–Crippen MR) is 105 cm³/mol. The summed E-state index contributed by atoms with van der Waals surface area (Å²) in [5.41, 5.74) is 1.34. The molecule has 0 aliphatic rings. The molecule has 0 aromatic carbocycles. The smallest absolute Gasteiger partial charge is 0.191 e. The fourth-order valence-corrected chi connectivity index (χ4v) is 3.52. The summed E-state index contributed by atoms with van der Waals surface area (Å²) in [5, 5.41) is 11.0. The average molecular weight is 435 g/mol. The number of rotatable bonds is 5. The predicted octanol–water partition coefficient (Wildman–Crippen LogP) is 4.20. The van der Waals surface area contributed by atoms with Crippen molar-refractivity contribution in [3.63, 3.8) is 0 Å². The molecule has 0 amide bonds. The number of hydrogen-bond acceptors (Lipinski definition) is 3. The number of halogens is 1. The molecule has 2 heterocycles. The van der Waals surface area contributed by atoms with Crippen LogP contribution >= 0.6 is 46.7 Å². The molecule has 0 aliphatic heterocycles. The Morgan fingerprint density at radius 2 is 2.05 bits per heavy atom. The lowest BCUT2D eigenvalue weighted by molar-refractivity contribution is 0.709. The van der Waals surface area contributed by atoms with E-state index in [0.717, 1.165) is 19.0 Å². The summed E-state index contributed by atoms with van der Waals surface area (Å²) < 4.78 is 0. The molecule has 1 atom stereocenters. The number of aliphatic imine (C=N–C) groups is 1. The van der Waals surface area contributed by atoms with Crippen molar-refractivity contribution in [1.29, 1.82) is 0 Å². The lowest BCUT2D eigenvalue weighted by atomic mass is 10.1. The Kier molecular flexibility index (Phi) is 8.28. The number of aryl methyl sites for hydroxylation is 1. The topological polar surface area (TPSA) is 36.4 Å². The Morgan fingerprint density at radius 3 is 2.62 bits per heavy atom. The van der Waals surface area contributed by atoms with E-state index in [2.05, 4.69) is 58.4 Å². The van der Waals surface area contributed by atoms with Crippen LogP contribution in [0.1, 0.15) is 28.2 Å². The molecule has 0 saturated heterocycles. The molecule has 2 aromatic heterocycles. The molecule has 3 nitrogen and oxygen atoms in total. The van der Waals surface area contributed by atoms with Crippen LogP contribution in [0.3, 0.4) is 0 Å².